The largest absolute Gasteiger partial charge is 0.506 e. The van der Waals surface area contributed by atoms with Gasteiger partial charge in [-0.05, 0) is 121 Å². The number of benzene rings is 5. The predicted molar refractivity (Wildman–Crippen MR) is 253 cm³/mol. The highest BCUT2D eigenvalue weighted by Crippen LogP contribution is 2.45. The summed E-state index contributed by atoms with van der Waals surface area (Å²) in [5.41, 5.74) is 7.01. The molecule has 63 heavy (non-hydrogen) atoms. The van der Waals surface area contributed by atoms with E-state index in [-0.39, 0.29) is 0 Å². The van der Waals surface area contributed by atoms with Gasteiger partial charge in [-0.25, -0.2) is 4.99 Å². The summed E-state index contributed by atoms with van der Waals surface area (Å²) in [5.74, 6) is 1.38. The minimum atomic E-state index is -0.628. The van der Waals surface area contributed by atoms with Crippen molar-refractivity contribution in [2.45, 2.75) is 89.8 Å². The Bertz CT molecular complexity index is 2640. The minimum Gasteiger partial charge on any atom is -0.487 e. The number of hydrogen-bond donors (Lipinski definition) is 1. The molecule has 5 aromatic carbocycles. The van der Waals surface area contributed by atoms with Gasteiger partial charge >= 0.3 is 14.2 Å². The lowest BCUT2D eigenvalue weighted by atomic mass is 9.76. The molecular formula is C53H54B2N2O6. The van der Waals surface area contributed by atoms with Gasteiger partial charge < -0.3 is 33.1 Å². The molecule has 10 heteroatoms. The number of ether oxygens (including phenoxy) is 2. The fourth-order valence-corrected chi connectivity index (χ4v) is 8.11. The second-order valence-corrected chi connectivity index (χ2v) is 18.4. The van der Waals surface area contributed by atoms with Gasteiger partial charge in [0.2, 0.25) is 0 Å². The molecule has 318 valence electrons. The lowest BCUT2D eigenvalue weighted by molar-refractivity contribution is 0.00578. The van der Waals surface area contributed by atoms with Crippen molar-refractivity contribution in [1.29, 1.82) is 0 Å². The lowest BCUT2D eigenvalue weighted by Gasteiger charge is -2.32. The monoisotopic (exact) mass is 836 g/mol. The summed E-state index contributed by atoms with van der Waals surface area (Å²) in [6.07, 6.45) is 4.13. The molecule has 0 spiro atoms. The van der Waals surface area contributed by atoms with Gasteiger partial charge in [-0.15, -0.1) is 0 Å². The molecule has 3 aliphatic heterocycles. The first-order valence-corrected chi connectivity index (χ1v) is 21.8. The Morgan fingerprint density at radius 2 is 0.921 bits per heavy atom. The van der Waals surface area contributed by atoms with Crippen LogP contribution >= 0.6 is 0 Å². The van der Waals surface area contributed by atoms with E-state index in [4.69, 9.17) is 33.1 Å². The van der Waals surface area contributed by atoms with Crippen molar-refractivity contribution < 1.29 is 28.1 Å². The Labute approximate surface area is 372 Å². The quantitative estimate of drug-likeness (QED) is 0.124. The van der Waals surface area contributed by atoms with Crippen molar-refractivity contribution in [2.75, 3.05) is 0 Å². The SMILES string of the molecule is CC1(C)OB(C(Oc2ccccc2C2=N/C(=C(/c3ccccc3)c3ccc(-c4ccccc4OC(B4OC(C)(C)C(C)(C)O4)c4ccccc4)[nH]3)C=C2)c2ccccc2)OC1(C)C. The summed E-state index contributed by atoms with van der Waals surface area (Å²) in [5, 5.41) is 0. The molecule has 1 aromatic heterocycles. The fraction of sp³-hybridized carbons (Fsp3) is 0.264. The molecule has 2 saturated heterocycles. The van der Waals surface area contributed by atoms with Crippen LogP contribution in [0.2, 0.25) is 0 Å². The van der Waals surface area contributed by atoms with Crippen LogP contribution in [0.3, 0.4) is 0 Å². The van der Waals surface area contributed by atoms with Crippen molar-refractivity contribution >= 4 is 25.5 Å². The molecule has 2 unspecified atom stereocenters. The van der Waals surface area contributed by atoms with Gasteiger partial charge in [-0.2, -0.15) is 0 Å². The average molecular weight is 837 g/mol. The van der Waals surface area contributed by atoms with Crippen LogP contribution in [0.25, 0.3) is 16.8 Å². The van der Waals surface area contributed by atoms with Crippen LogP contribution < -0.4 is 9.47 Å². The highest BCUT2D eigenvalue weighted by molar-refractivity contribution is 6.47. The van der Waals surface area contributed by atoms with Crippen LogP contribution in [0, 0.1) is 0 Å². The number of aromatic nitrogens is 1. The minimum absolute atomic E-state index is 0.520. The summed E-state index contributed by atoms with van der Waals surface area (Å²) in [7, 11) is -1.25. The third-order valence-corrected chi connectivity index (χ3v) is 13.1. The number of nitrogens with one attached hydrogen (secondary N) is 1. The number of nitrogens with zero attached hydrogens (tertiary/aromatic N) is 1. The van der Waals surface area contributed by atoms with E-state index < -0.39 is 48.6 Å². The van der Waals surface area contributed by atoms with Gasteiger partial charge in [0.05, 0.1) is 33.8 Å². The van der Waals surface area contributed by atoms with E-state index in [2.05, 4.69) is 127 Å². The summed E-state index contributed by atoms with van der Waals surface area (Å²) in [6, 6.07) is 49.9. The molecule has 3 aliphatic rings. The van der Waals surface area contributed by atoms with E-state index in [9.17, 15) is 0 Å². The van der Waals surface area contributed by atoms with Crippen molar-refractivity contribution in [3.63, 3.8) is 0 Å². The first kappa shape index (κ1) is 42.4. The van der Waals surface area contributed by atoms with Crippen molar-refractivity contribution in [3.05, 3.63) is 197 Å². The van der Waals surface area contributed by atoms with Gasteiger partial charge in [0.1, 0.15) is 11.5 Å². The third kappa shape index (κ3) is 8.37. The highest BCUT2D eigenvalue weighted by Gasteiger charge is 2.56. The van der Waals surface area contributed by atoms with Crippen LogP contribution in [0.5, 0.6) is 11.5 Å². The highest BCUT2D eigenvalue weighted by atomic mass is 16.7. The zero-order chi connectivity index (χ0) is 44.0. The van der Waals surface area contributed by atoms with Crippen molar-refractivity contribution in [2.24, 2.45) is 4.99 Å². The number of hydrogen-bond acceptors (Lipinski definition) is 7. The average Bonchev–Trinajstić information content (AvgIpc) is 4.05. The van der Waals surface area contributed by atoms with E-state index in [0.29, 0.717) is 11.5 Å². The van der Waals surface area contributed by atoms with Crippen molar-refractivity contribution in [1.82, 2.24) is 4.98 Å². The van der Waals surface area contributed by atoms with E-state index in [0.717, 1.165) is 56.2 Å². The second kappa shape index (κ2) is 16.7. The van der Waals surface area contributed by atoms with Gasteiger partial charge in [0, 0.05) is 28.1 Å². The van der Waals surface area contributed by atoms with E-state index in [1.54, 1.807) is 0 Å². The standard InChI is InChI=1S/C53H54B2N2O6/c1-50(2)51(3,4)61-54(60-50)48(37-24-14-10-15-25-37)58-45-30-20-18-28-39(45)41-32-34-43(56-41)47(36-22-12-9-13-23-36)44-35-33-42(57-44)40-29-19-21-31-46(40)59-49(38-26-16-11-17-27-38)55-62-52(5,6)53(7,8)63-55/h9-35,48-49,56H,1-8H3/b47-44-. The molecule has 9 rings (SSSR count). The maximum atomic E-state index is 6.95. The summed E-state index contributed by atoms with van der Waals surface area (Å²) >= 11 is 0. The third-order valence-electron chi connectivity index (χ3n) is 13.1. The zero-order valence-corrected chi connectivity index (χ0v) is 37.3. The Morgan fingerprint density at radius 1 is 0.492 bits per heavy atom. The van der Waals surface area contributed by atoms with Crippen molar-refractivity contribution in [3.8, 4) is 22.8 Å². The number of rotatable bonds is 12. The maximum Gasteiger partial charge on any atom is 0.506 e. The van der Waals surface area contributed by atoms with E-state index in [1.807, 2.05) is 97.1 Å². The Hall–Kier alpha value is -5.90. The molecule has 0 bridgehead atoms. The van der Waals surface area contributed by atoms with Gasteiger partial charge in [0.25, 0.3) is 0 Å². The number of aliphatic imine (C=N–C) groups is 1. The van der Waals surface area contributed by atoms with E-state index >= 15 is 0 Å². The molecule has 1 N–H and O–H groups in total. The van der Waals surface area contributed by atoms with Crippen LogP contribution in [-0.2, 0) is 18.6 Å². The molecule has 0 aliphatic carbocycles. The van der Waals surface area contributed by atoms with Crippen LogP contribution in [0.15, 0.2) is 175 Å². The normalized spacial score (nSPS) is 20.0. The zero-order valence-electron chi connectivity index (χ0n) is 37.3. The maximum absolute atomic E-state index is 6.95. The number of aromatic amines is 1. The summed E-state index contributed by atoms with van der Waals surface area (Å²) < 4.78 is 40.1. The molecule has 0 amide bonds. The first-order valence-electron chi connectivity index (χ1n) is 21.8. The Kier molecular flexibility index (Phi) is 11.2. The van der Waals surface area contributed by atoms with Crippen LogP contribution in [-0.4, -0.2) is 47.3 Å². The van der Waals surface area contributed by atoms with Gasteiger partial charge in [-0.3, -0.25) is 0 Å². The molecule has 0 radical (unpaired) electrons. The molecule has 0 saturated carbocycles. The van der Waals surface area contributed by atoms with Gasteiger partial charge in [0.15, 0.2) is 12.0 Å². The first-order chi connectivity index (χ1) is 30.2. The molecule has 4 heterocycles. The molecule has 8 nitrogen and oxygen atoms in total. The Balaban J connectivity index is 1.06. The Morgan fingerprint density at radius 3 is 1.43 bits per heavy atom. The summed E-state index contributed by atoms with van der Waals surface area (Å²) in [4.78, 5) is 9.06. The van der Waals surface area contributed by atoms with Gasteiger partial charge in [-0.1, -0.05) is 115 Å². The summed E-state index contributed by atoms with van der Waals surface area (Å²) in [6.45, 7) is 16.5. The van der Waals surface area contributed by atoms with Crippen LogP contribution in [0.1, 0.15) is 95.3 Å². The lowest BCUT2D eigenvalue weighted by Crippen LogP contribution is -2.41. The number of allylic oxidation sites excluding steroid dienone is 2. The molecule has 2 fully saturated rings. The van der Waals surface area contributed by atoms with Crippen LogP contribution in [0.4, 0.5) is 0 Å². The number of para-hydroxylation sites is 2. The topological polar surface area (TPSA) is 83.5 Å². The second-order valence-electron chi connectivity index (χ2n) is 18.4. The smallest absolute Gasteiger partial charge is 0.487 e. The predicted octanol–water partition coefficient (Wildman–Crippen LogP) is 12.0. The fourth-order valence-electron chi connectivity index (χ4n) is 8.11. The molecular weight excluding hydrogens is 782 g/mol. The number of H-pyrrole nitrogens is 1. The van der Waals surface area contributed by atoms with E-state index in [1.165, 1.54) is 0 Å². The molecule has 6 aromatic rings. The molecule has 2 atom stereocenters.